The Labute approximate surface area is 154 Å². The Kier molecular flexibility index (Phi) is 9.52. The number of sulfonamides is 1. The van der Waals surface area contributed by atoms with E-state index in [9.17, 15) is 44.7 Å². The summed E-state index contributed by atoms with van der Waals surface area (Å²) in [4.78, 5) is 10.5. The normalized spacial score (nSPS) is 14.0. The van der Waals surface area contributed by atoms with Gasteiger partial charge in [-0.2, -0.15) is 26.3 Å². The quantitative estimate of drug-likeness (QED) is 0.285. The fourth-order valence-corrected chi connectivity index (χ4v) is 3.57. The number of unbranched alkanes of at least 4 members (excludes halogenated alkanes) is 1. The number of halogens is 6. The Morgan fingerprint density at radius 1 is 1.04 bits per heavy atom. The van der Waals surface area contributed by atoms with Crippen LogP contribution in [0.3, 0.4) is 0 Å². The topological polar surface area (TPSA) is 86.3 Å². The SMILES string of the molecule is C[N+](C)(CCCNS(=O)(=O)CCCCC(C(F)(F)F)C(F)(F)F)CC(=O)[O-]. The van der Waals surface area contributed by atoms with Gasteiger partial charge in [-0.15, -0.1) is 0 Å². The highest BCUT2D eigenvalue weighted by molar-refractivity contribution is 7.89. The van der Waals surface area contributed by atoms with Gasteiger partial charge in [0.2, 0.25) is 10.0 Å². The molecule has 6 nitrogen and oxygen atoms in total. The van der Waals surface area contributed by atoms with Crippen molar-refractivity contribution in [2.75, 3.05) is 39.5 Å². The van der Waals surface area contributed by atoms with Crippen LogP contribution in [0, 0.1) is 5.92 Å². The van der Waals surface area contributed by atoms with E-state index in [1.165, 1.54) is 0 Å². The highest BCUT2D eigenvalue weighted by Gasteiger charge is 2.55. The summed E-state index contributed by atoms with van der Waals surface area (Å²) in [6.45, 7) is 0.0481. The summed E-state index contributed by atoms with van der Waals surface area (Å²) in [5.41, 5.74) is 0. The Morgan fingerprint density at radius 3 is 2.00 bits per heavy atom. The number of hydrogen-bond donors (Lipinski definition) is 1. The zero-order valence-electron chi connectivity index (χ0n) is 15.0. The summed E-state index contributed by atoms with van der Waals surface area (Å²) < 4.78 is 99.9. The highest BCUT2D eigenvalue weighted by Crippen LogP contribution is 2.42. The van der Waals surface area contributed by atoms with Gasteiger partial charge in [-0.3, -0.25) is 0 Å². The number of aliphatic carboxylic acids is 1. The third kappa shape index (κ3) is 12.1. The van der Waals surface area contributed by atoms with Crippen molar-refractivity contribution in [2.45, 2.75) is 38.0 Å². The minimum Gasteiger partial charge on any atom is -0.544 e. The molecule has 0 saturated heterocycles. The first-order chi connectivity index (χ1) is 12.0. The minimum atomic E-state index is -5.42. The minimum absolute atomic E-state index is 0.0230. The van der Waals surface area contributed by atoms with Gasteiger partial charge in [0.25, 0.3) is 0 Å². The molecule has 0 fully saturated rings. The first-order valence-electron chi connectivity index (χ1n) is 8.09. The number of likely N-dealkylation sites (N-methyl/N-ethyl adjacent to an activating group) is 1. The lowest BCUT2D eigenvalue weighted by Gasteiger charge is -2.30. The molecular formula is C14H24F6N2O4S. The molecule has 0 aromatic heterocycles. The van der Waals surface area contributed by atoms with Crippen LogP contribution in [0.5, 0.6) is 0 Å². The molecule has 0 aliphatic rings. The van der Waals surface area contributed by atoms with Crippen molar-refractivity contribution in [3.63, 3.8) is 0 Å². The number of quaternary nitrogens is 1. The van der Waals surface area contributed by atoms with Crippen molar-refractivity contribution in [1.29, 1.82) is 0 Å². The monoisotopic (exact) mass is 430 g/mol. The van der Waals surface area contributed by atoms with Crippen LogP contribution in [-0.2, 0) is 14.8 Å². The molecular weight excluding hydrogens is 406 g/mol. The van der Waals surface area contributed by atoms with Gasteiger partial charge in [0.1, 0.15) is 6.54 Å². The van der Waals surface area contributed by atoms with E-state index >= 15 is 0 Å². The van der Waals surface area contributed by atoms with Crippen LogP contribution in [-0.4, -0.2) is 70.7 Å². The smallest absolute Gasteiger partial charge is 0.400 e. The predicted molar refractivity (Wildman–Crippen MR) is 82.7 cm³/mol. The molecule has 0 atom stereocenters. The van der Waals surface area contributed by atoms with Gasteiger partial charge in [-0.25, -0.2) is 13.1 Å². The van der Waals surface area contributed by atoms with E-state index < -0.39 is 52.9 Å². The van der Waals surface area contributed by atoms with Crippen LogP contribution in [0.4, 0.5) is 26.3 Å². The number of hydrogen-bond acceptors (Lipinski definition) is 4. The van der Waals surface area contributed by atoms with Crippen molar-refractivity contribution in [3.05, 3.63) is 0 Å². The Bertz CT molecular complexity index is 561. The predicted octanol–water partition coefficient (Wildman–Crippen LogP) is 1.03. The Balaban J connectivity index is 4.26. The molecule has 0 aliphatic carbocycles. The van der Waals surface area contributed by atoms with Gasteiger partial charge in [0.05, 0.1) is 32.4 Å². The van der Waals surface area contributed by atoms with Crippen molar-refractivity contribution in [2.24, 2.45) is 5.92 Å². The second-order valence-corrected chi connectivity index (χ2v) is 8.81. The lowest BCUT2D eigenvalue weighted by Crippen LogP contribution is -2.49. The zero-order valence-corrected chi connectivity index (χ0v) is 15.8. The summed E-state index contributed by atoms with van der Waals surface area (Å²) >= 11 is 0. The number of carbonyl (C=O) groups is 1. The first-order valence-corrected chi connectivity index (χ1v) is 9.74. The summed E-state index contributed by atoms with van der Waals surface area (Å²) in [5, 5.41) is 10.5. The van der Waals surface area contributed by atoms with Gasteiger partial charge >= 0.3 is 12.4 Å². The van der Waals surface area contributed by atoms with E-state index in [4.69, 9.17) is 0 Å². The van der Waals surface area contributed by atoms with Gasteiger partial charge in [0, 0.05) is 13.0 Å². The van der Waals surface area contributed by atoms with Crippen LogP contribution in [0.1, 0.15) is 25.7 Å². The number of carbonyl (C=O) groups excluding carboxylic acids is 1. The van der Waals surface area contributed by atoms with Crippen molar-refractivity contribution in [3.8, 4) is 0 Å². The molecule has 27 heavy (non-hydrogen) atoms. The number of alkyl halides is 6. The van der Waals surface area contributed by atoms with E-state index in [1.807, 2.05) is 0 Å². The maximum Gasteiger partial charge on any atom is 0.400 e. The summed E-state index contributed by atoms with van der Waals surface area (Å²) in [5.74, 6) is -5.31. The maximum atomic E-state index is 12.4. The third-order valence-corrected chi connectivity index (χ3v) is 5.24. The Morgan fingerprint density at radius 2 is 1.56 bits per heavy atom. The second kappa shape index (κ2) is 9.92. The summed E-state index contributed by atoms with van der Waals surface area (Å²) in [7, 11) is -0.613. The molecule has 0 aliphatic heterocycles. The van der Waals surface area contributed by atoms with E-state index in [2.05, 4.69) is 4.72 Å². The fraction of sp³-hybridized carbons (Fsp3) is 0.929. The molecule has 13 heteroatoms. The maximum absolute atomic E-state index is 12.4. The molecule has 1 N–H and O–H groups in total. The average molecular weight is 430 g/mol. The molecule has 0 amide bonds. The molecule has 0 aromatic carbocycles. The molecule has 0 heterocycles. The van der Waals surface area contributed by atoms with E-state index in [0.717, 1.165) is 0 Å². The lowest BCUT2D eigenvalue weighted by atomic mass is 10.0. The van der Waals surface area contributed by atoms with Crippen molar-refractivity contribution in [1.82, 2.24) is 4.72 Å². The molecule has 0 rings (SSSR count). The van der Waals surface area contributed by atoms with Gasteiger partial charge in [-0.1, -0.05) is 6.42 Å². The van der Waals surface area contributed by atoms with Gasteiger partial charge in [-0.05, 0) is 12.8 Å². The fourth-order valence-electron chi connectivity index (χ4n) is 2.39. The van der Waals surface area contributed by atoms with Crippen LogP contribution in [0.2, 0.25) is 0 Å². The molecule has 0 radical (unpaired) electrons. The molecule has 162 valence electrons. The highest BCUT2D eigenvalue weighted by atomic mass is 32.2. The zero-order chi connectivity index (χ0) is 21.5. The molecule has 0 saturated carbocycles. The van der Waals surface area contributed by atoms with Crippen molar-refractivity contribution < 1.29 is 49.1 Å². The summed E-state index contributed by atoms with van der Waals surface area (Å²) in [6.07, 6.45) is -12.7. The van der Waals surface area contributed by atoms with Crippen LogP contribution in [0.25, 0.3) is 0 Å². The van der Waals surface area contributed by atoms with Gasteiger partial charge < -0.3 is 14.4 Å². The first kappa shape index (κ1) is 25.9. The molecule has 0 aromatic rings. The summed E-state index contributed by atoms with van der Waals surface area (Å²) in [6, 6.07) is 0. The lowest BCUT2D eigenvalue weighted by molar-refractivity contribution is -0.884. The number of nitrogens with one attached hydrogen (secondary N) is 1. The number of carboxylic acids is 1. The third-order valence-electron chi connectivity index (χ3n) is 3.77. The largest absolute Gasteiger partial charge is 0.544 e. The number of rotatable bonds is 12. The van der Waals surface area contributed by atoms with E-state index in [-0.39, 0.29) is 24.0 Å². The van der Waals surface area contributed by atoms with Crippen LogP contribution in [0.15, 0.2) is 0 Å². The van der Waals surface area contributed by atoms with E-state index in [1.54, 1.807) is 14.1 Å². The van der Waals surface area contributed by atoms with E-state index in [0.29, 0.717) is 13.0 Å². The van der Waals surface area contributed by atoms with Crippen molar-refractivity contribution >= 4 is 16.0 Å². The molecule has 0 bridgehead atoms. The standard InChI is InChI=1S/C14H24F6N2O4S/c1-22(2,10-12(23)24)8-5-7-21-27(25,26)9-4-3-6-11(13(15,16)17)14(18,19)20/h11,21H,3-10H2,1-2H3. The van der Waals surface area contributed by atoms with Gasteiger partial charge in [0.15, 0.2) is 5.92 Å². The molecule has 0 spiro atoms. The second-order valence-electron chi connectivity index (χ2n) is 6.89. The average Bonchev–Trinajstić information content (AvgIpc) is 2.39. The molecule has 0 unspecified atom stereocenters. The number of carboxylic acid groups (broad SMARTS) is 1. The van der Waals surface area contributed by atoms with Crippen LogP contribution >= 0.6 is 0 Å². The number of nitrogens with zero attached hydrogens (tertiary/aromatic N) is 1. The van der Waals surface area contributed by atoms with Crippen LogP contribution < -0.4 is 9.83 Å². The Hall–Kier alpha value is -1.08.